The second-order valence-electron chi connectivity index (χ2n) is 5.24. The third-order valence-electron chi connectivity index (χ3n) is 3.72. The minimum atomic E-state index is 0.819. The van der Waals surface area contributed by atoms with E-state index in [1.165, 1.54) is 10.6 Å². The summed E-state index contributed by atoms with van der Waals surface area (Å²) in [6, 6.07) is 12.7. The van der Waals surface area contributed by atoms with Gasteiger partial charge >= 0.3 is 0 Å². The third-order valence-corrected chi connectivity index (χ3v) is 4.66. The van der Waals surface area contributed by atoms with Crippen molar-refractivity contribution < 1.29 is 4.74 Å². The van der Waals surface area contributed by atoms with E-state index >= 15 is 0 Å². The first-order chi connectivity index (χ1) is 10.4. The molecule has 2 aromatic rings. The van der Waals surface area contributed by atoms with Crippen LogP contribution < -0.4 is 15.0 Å². The molecule has 0 spiro atoms. The zero-order valence-electron chi connectivity index (χ0n) is 12.3. The molecule has 0 radical (unpaired) electrons. The monoisotopic (exact) mass is 302 g/mol. The zero-order valence-corrected chi connectivity index (χ0v) is 13.1. The van der Waals surface area contributed by atoms with Gasteiger partial charge in [0.05, 0.1) is 12.3 Å². The Hall–Kier alpha value is -1.52. The molecule has 21 heavy (non-hydrogen) atoms. The van der Waals surface area contributed by atoms with E-state index in [4.69, 9.17) is 4.74 Å². The van der Waals surface area contributed by atoms with Gasteiger partial charge in [-0.15, -0.1) is 11.3 Å². The molecule has 1 aromatic carbocycles. The molecule has 2 heterocycles. The molecule has 0 unspecified atom stereocenters. The lowest BCUT2D eigenvalue weighted by Crippen LogP contribution is -2.33. The molecule has 3 nitrogen and oxygen atoms in total. The second-order valence-corrected chi connectivity index (χ2v) is 6.27. The summed E-state index contributed by atoms with van der Waals surface area (Å²) in [6.45, 7) is 4.99. The van der Waals surface area contributed by atoms with Crippen molar-refractivity contribution in [3.63, 3.8) is 0 Å². The highest BCUT2D eigenvalue weighted by Gasteiger charge is 2.14. The van der Waals surface area contributed by atoms with Gasteiger partial charge in [-0.3, -0.25) is 0 Å². The standard InChI is InChI=1S/C17H22N2OS/c1-2-7-17-16(6-1)19(11-4-13-20-17)12-10-18-9-8-15-5-3-14-21-15/h1-3,5-7,14,18H,4,8-13H2. The lowest BCUT2D eigenvalue weighted by molar-refractivity contribution is 0.322. The van der Waals surface area contributed by atoms with Gasteiger partial charge in [0.1, 0.15) is 5.75 Å². The Labute approximate surface area is 130 Å². The highest BCUT2D eigenvalue weighted by molar-refractivity contribution is 7.09. The van der Waals surface area contributed by atoms with Gasteiger partial charge in [0.2, 0.25) is 0 Å². The fourth-order valence-corrected chi connectivity index (χ4v) is 3.35. The number of nitrogens with one attached hydrogen (secondary N) is 1. The van der Waals surface area contributed by atoms with E-state index < -0.39 is 0 Å². The zero-order chi connectivity index (χ0) is 14.3. The maximum absolute atomic E-state index is 5.79. The molecule has 0 atom stereocenters. The van der Waals surface area contributed by atoms with E-state index in [0.29, 0.717) is 0 Å². The Balaban J connectivity index is 1.46. The SMILES string of the molecule is c1csc(CCNCCN2CCCOc3ccccc32)c1. The van der Waals surface area contributed by atoms with Crippen molar-refractivity contribution in [2.24, 2.45) is 0 Å². The maximum Gasteiger partial charge on any atom is 0.142 e. The highest BCUT2D eigenvalue weighted by Crippen LogP contribution is 2.29. The van der Waals surface area contributed by atoms with Crippen LogP contribution in [0.3, 0.4) is 0 Å². The number of nitrogens with zero attached hydrogens (tertiary/aromatic N) is 1. The van der Waals surface area contributed by atoms with Gasteiger partial charge in [-0.2, -0.15) is 0 Å². The summed E-state index contributed by atoms with van der Waals surface area (Å²) in [5.41, 5.74) is 1.23. The van der Waals surface area contributed by atoms with Crippen LogP contribution in [0.2, 0.25) is 0 Å². The van der Waals surface area contributed by atoms with Crippen LogP contribution in [0, 0.1) is 0 Å². The number of thiophene rings is 1. The van der Waals surface area contributed by atoms with Crippen molar-refractivity contribution in [1.29, 1.82) is 0 Å². The van der Waals surface area contributed by atoms with Crippen LogP contribution in [-0.4, -0.2) is 32.8 Å². The molecule has 1 aliphatic heterocycles. The van der Waals surface area contributed by atoms with E-state index in [2.05, 4.69) is 45.9 Å². The molecule has 112 valence electrons. The molecule has 1 N–H and O–H groups in total. The predicted molar refractivity (Wildman–Crippen MR) is 89.7 cm³/mol. The molecule has 3 rings (SSSR count). The Morgan fingerprint density at radius 3 is 3.00 bits per heavy atom. The number of ether oxygens (including phenoxy) is 1. The number of para-hydroxylation sites is 2. The Morgan fingerprint density at radius 1 is 1.14 bits per heavy atom. The second kappa shape index (κ2) is 7.48. The smallest absolute Gasteiger partial charge is 0.142 e. The largest absolute Gasteiger partial charge is 0.491 e. The molecule has 0 bridgehead atoms. The van der Waals surface area contributed by atoms with Crippen molar-refractivity contribution in [1.82, 2.24) is 5.32 Å². The number of fused-ring (bicyclic) bond motifs is 1. The summed E-state index contributed by atoms with van der Waals surface area (Å²) < 4.78 is 5.79. The van der Waals surface area contributed by atoms with Gasteiger partial charge in [-0.05, 0) is 36.4 Å². The van der Waals surface area contributed by atoms with Gasteiger partial charge in [0.25, 0.3) is 0 Å². The first-order valence-electron chi connectivity index (χ1n) is 7.63. The lowest BCUT2D eigenvalue weighted by Gasteiger charge is -2.23. The third kappa shape index (κ3) is 3.99. The fraction of sp³-hybridized carbons (Fsp3) is 0.412. The van der Waals surface area contributed by atoms with Crippen LogP contribution in [-0.2, 0) is 6.42 Å². The van der Waals surface area contributed by atoms with E-state index in [-0.39, 0.29) is 0 Å². The van der Waals surface area contributed by atoms with Crippen LogP contribution in [0.1, 0.15) is 11.3 Å². The van der Waals surface area contributed by atoms with Crippen LogP contribution in [0.25, 0.3) is 0 Å². The highest BCUT2D eigenvalue weighted by atomic mass is 32.1. The van der Waals surface area contributed by atoms with E-state index in [0.717, 1.165) is 51.4 Å². The Kier molecular flexibility index (Phi) is 5.13. The topological polar surface area (TPSA) is 24.5 Å². The summed E-state index contributed by atoms with van der Waals surface area (Å²) in [7, 11) is 0. The van der Waals surface area contributed by atoms with Crippen molar-refractivity contribution in [3.05, 3.63) is 46.7 Å². The van der Waals surface area contributed by atoms with E-state index in [9.17, 15) is 0 Å². The average Bonchev–Trinajstić information content (AvgIpc) is 2.94. The van der Waals surface area contributed by atoms with Crippen molar-refractivity contribution in [3.8, 4) is 5.75 Å². The molecule has 0 amide bonds. The van der Waals surface area contributed by atoms with Crippen molar-refractivity contribution in [2.75, 3.05) is 37.7 Å². The molecule has 1 aliphatic rings. The molecular formula is C17H22N2OS. The molecule has 4 heteroatoms. The summed E-state index contributed by atoms with van der Waals surface area (Å²) in [4.78, 5) is 3.89. The average molecular weight is 302 g/mol. The fourth-order valence-electron chi connectivity index (χ4n) is 2.64. The number of hydrogen-bond donors (Lipinski definition) is 1. The Morgan fingerprint density at radius 2 is 2.10 bits per heavy atom. The van der Waals surface area contributed by atoms with Gasteiger partial charge in [-0.25, -0.2) is 0 Å². The predicted octanol–water partition coefficient (Wildman–Crippen LogP) is 3.17. The van der Waals surface area contributed by atoms with Gasteiger partial charge in [0.15, 0.2) is 0 Å². The van der Waals surface area contributed by atoms with Gasteiger partial charge < -0.3 is 15.0 Å². The normalized spacial score (nSPS) is 14.4. The number of anilines is 1. The van der Waals surface area contributed by atoms with Crippen molar-refractivity contribution in [2.45, 2.75) is 12.8 Å². The summed E-state index contributed by atoms with van der Waals surface area (Å²) >= 11 is 1.84. The van der Waals surface area contributed by atoms with Crippen LogP contribution in [0.5, 0.6) is 5.75 Å². The lowest BCUT2D eigenvalue weighted by atomic mass is 10.2. The van der Waals surface area contributed by atoms with Gasteiger partial charge in [-0.1, -0.05) is 18.2 Å². The van der Waals surface area contributed by atoms with Crippen LogP contribution >= 0.6 is 11.3 Å². The Bertz CT molecular complexity index is 541. The van der Waals surface area contributed by atoms with Crippen molar-refractivity contribution >= 4 is 17.0 Å². The van der Waals surface area contributed by atoms with Crippen LogP contribution in [0.4, 0.5) is 5.69 Å². The van der Waals surface area contributed by atoms with E-state index in [1.807, 2.05) is 17.4 Å². The van der Waals surface area contributed by atoms with Gasteiger partial charge in [0, 0.05) is 31.1 Å². The summed E-state index contributed by atoms with van der Waals surface area (Å²) in [5.74, 6) is 1.02. The minimum absolute atomic E-state index is 0.819. The quantitative estimate of drug-likeness (QED) is 0.830. The molecular weight excluding hydrogens is 280 g/mol. The summed E-state index contributed by atoms with van der Waals surface area (Å²) in [5, 5.41) is 5.69. The first kappa shape index (κ1) is 14.4. The number of benzene rings is 1. The molecule has 0 saturated carbocycles. The molecule has 0 saturated heterocycles. The molecule has 1 aromatic heterocycles. The van der Waals surface area contributed by atoms with E-state index in [1.54, 1.807) is 0 Å². The van der Waals surface area contributed by atoms with Crippen LogP contribution in [0.15, 0.2) is 41.8 Å². The summed E-state index contributed by atoms with van der Waals surface area (Å²) in [6.07, 6.45) is 2.21. The first-order valence-corrected chi connectivity index (χ1v) is 8.51. The number of hydrogen-bond acceptors (Lipinski definition) is 4. The molecule has 0 fully saturated rings. The molecule has 0 aliphatic carbocycles. The maximum atomic E-state index is 5.79. The minimum Gasteiger partial charge on any atom is -0.491 e. The number of rotatable bonds is 6.